The SMILES string of the molecule is Cc1ccc(-c2ccn(-c3ccc4c5c(n(C)c4c3)CN(C(=O)OC(C)(C)C)CC5)c(=O)c2)cn1. The molecule has 1 aliphatic rings. The lowest BCUT2D eigenvalue weighted by Gasteiger charge is -2.30. The van der Waals surface area contributed by atoms with E-state index in [1.807, 2.05) is 71.3 Å². The largest absolute Gasteiger partial charge is 0.444 e. The summed E-state index contributed by atoms with van der Waals surface area (Å²) in [6.07, 6.45) is 4.08. The molecule has 1 aromatic carbocycles. The van der Waals surface area contributed by atoms with Gasteiger partial charge in [0.1, 0.15) is 5.60 Å². The van der Waals surface area contributed by atoms with Gasteiger partial charge in [-0.2, -0.15) is 0 Å². The van der Waals surface area contributed by atoms with Crippen LogP contribution in [0.1, 0.15) is 37.7 Å². The van der Waals surface area contributed by atoms with Gasteiger partial charge in [0.25, 0.3) is 5.56 Å². The van der Waals surface area contributed by atoms with Crippen LogP contribution >= 0.6 is 0 Å². The summed E-state index contributed by atoms with van der Waals surface area (Å²) in [6, 6.07) is 13.6. The maximum atomic E-state index is 13.0. The molecule has 0 N–H and O–H groups in total. The van der Waals surface area contributed by atoms with Crippen LogP contribution < -0.4 is 5.56 Å². The van der Waals surface area contributed by atoms with Crippen LogP contribution in [0.5, 0.6) is 0 Å². The Morgan fingerprint density at radius 1 is 1.06 bits per heavy atom. The van der Waals surface area contributed by atoms with E-state index in [4.69, 9.17) is 4.74 Å². The standard InChI is InChI=1S/C28H30N4O3/c1-18-6-7-20(16-29-18)19-10-13-32(26(33)14-19)21-8-9-22-23-11-12-31(27(34)35-28(2,3)4)17-25(23)30(5)24(22)15-21/h6-10,13-16H,11-12,17H2,1-5H3. The molecule has 0 saturated heterocycles. The first kappa shape index (κ1) is 22.9. The first-order chi connectivity index (χ1) is 16.6. The number of hydrogen-bond donors (Lipinski definition) is 0. The summed E-state index contributed by atoms with van der Waals surface area (Å²) < 4.78 is 9.36. The highest BCUT2D eigenvalue weighted by molar-refractivity contribution is 5.88. The molecule has 35 heavy (non-hydrogen) atoms. The van der Waals surface area contributed by atoms with E-state index < -0.39 is 5.60 Å². The quantitative estimate of drug-likeness (QED) is 0.414. The van der Waals surface area contributed by atoms with Crippen molar-refractivity contribution in [3.8, 4) is 16.8 Å². The molecule has 1 aliphatic heterocycles. The maximum absolute atomic E-state index is 13.0. The number of carbonyl (C=O) groups is 1. The molecular formula is C28H30N4O3. The van der Waals surface area contributed by atoms with Crippen molar-refractivity contribution in [1.29, 1.82) is 0 Å². The van der Waals surface area contributed by atoms with E-state index in [0.717, 1.165) is 45.5 Å². The summed E-state index contributed by atoms with van der Waals surface area (Å²) in [5, 5.41) is 1.16. The third-order valence-corrected chi connectivity index (χ3v) is 6.49. The van der Waals surface area contributed by atoms with Crippen LogP contribution in [0.2, 0.25) is 0 Å². The summed E-state index contributed by atoms with van der Waals surface area (Å²) in [4.78, 5) is 31.7. The zero-order valence-electron chi connectivity index (χ0n) is 20.8. The third-order valence-electron chi connectivity index (χ3n) is 6.49. The van der Waals surface area contributed by atoms with Gasteiger partial charge in [-0.3, -0.25) is 14.3 Å². The number of aromatic nitrogens is 3. The third kappa shape index (κ3) is 4.34. The number of carbonyl (C=O) groups excluding carboxylic acids is 1. The monoisotopic (exact) mass is 470 g/mol. The van der Waals surface area contributed by atoms with E-state index in [-0.39, 0.29) is 11.7 Å². The molecule has 5 rings (SSSR count). The Morgan fingerprint density at radius 2 is 1.86 bits per heavy atom. The molecule has 0 radical (unpaired) electrons. The van der Waals surface area contributed by atoms with E-state index in [1.165, 1.54) is 5.56 Å². The number of pyridine rings is 2. The van der Waals surface area contributed by atoms with E-state index >= 15 is 0 Å². The Balaban J connectivity index is 1.47. The van der Waals surface area contributed by atoms with Crippen LogP contribution in [-0.2, 0) is 24.8 Å². The number of aryl methyl sites for hydroxylation is 2. The predicted molar refractivity (Wildman–Crippen MR) is 137 cm³/mol. The molecule has 4 heterocycles. The van der Waals surface area contributed by atoms with Crippen LogP contribution in [0.3, 0.4) is 0 Å². The van der Waals surface area contributed by atoms with Crippen LogP contribution in [0.15, 0.2) is 59.7 Å². The second-order valence-corrected chi connectivity index (χ2v) is 10.1. The minimum Gasteiger partial charge on any atom is -0.444 e. The average molecular weight is 471 g/mol. The lowest BCUT2D eigenvalue weighted by atomic mass is 10.0. The number of amides is 1. The highest BCUT2D eigenvalue weighted by Gasteiger charge is 2.29. The van der Waals surface area contributed by atoms with Gasteiger partial charge in [-0.15, -0.1) is 0 Å². The molecule has 0 spiro atoms. The molecule has 0 unspecified atom stereocenters. The molecule has 7 nitrogen and oxygen atoms in total. The van der Waals surface area contributed by atoms with Gasteiger partial charge >= 0.3 is 6.09 Å². The maximum Gasteiger partial charge on any atom is 0.410 e. The van der Waals surface area contributed by atoms with Gasteiger partial charge < -0.3 is 14.2 Å². The summed E-state index contributed by atoms with van der Waals surface area (Å²) in [5.41, 5.74) is 6.27. The highest BCUT2D eigenvalue weighted by atomic mass is 16.6. The zero-order valence-corrected chi connectivity index (χ0v) is 20.8. The molecule has 0 atom stereocenters. The van der Waals surface area contributed by atoms with Gasteiger partial charge in [0.15, 0.2) is 0 Å². The minimum absolute atomic E-state index is 0.0995. The molecule has 0 fully saturated rings. The molecule has 0 aliphatic carbocycles. The summed E-state index contributed by atoms with van der Waals surface area (Å²) >= 11 is 0. The Morgan fingerprint density at radius 3 is 2.54 bits per heavy atom. The van der Waals surface area contributed by atoms with Crippen molar-refractivity contribution in [1.82, 2.24) is 19.0 Å². The van der Waals surface area contributed by atoms with E-state index in [0.29, 0.717) is 13.1 Å². The molecule has 4 aromatic rings. The predicted octanol–water partition coefficient (Wildman–Crippen LogP) is 4.99. The average Bonchev–Trinajstić information content (AvgIpc) is 3.09. The van der Waals surface area contributed by atoms with Crippen LogP contribution in [0, 0.1) is 6.92 Å². The van der Waals surface area contributed by atoms with Crippen molar-refractivity contribution in [2.45, 2.75) is 46.3 Å². The van der Waals surface area contributed by atoms with Gasteiger partial charge in [-0.1, -0.05) is 12.1 Å². The second-order valence-electron chi connectivity index (χ2n) is 10.1. The van der Waals surface area contributed by atoms with Crippen molar-refractivity contribution >= 4 is 17.0 Å². The van der Waals surface area contributed by atoms with Gasteiger partial charge in [-0.05, 0) is 69.5 Å². The lowest BCUT2D eigenvalue weighted by molar-refractivity contribution is 0.0220. The molecule has 180 valence electrons. The van der Waals surface area contributed by atoms with Crippen molar-refractivity contribution in [3.05, 3.63) is 82.2 Å². The molecular weight excluding hydrogens is 440 g/mol. The lowest BCUT2D eigenvalue weighted by Crippen LogP contribution is -2.40. The van der Waals surface area contributed by atoms with Crippen molar-refractivity contribution < 1.29 is 9.53 Å². The fourth-order valence-corrected chi connectivity index (χ4v) is 4.69. The molecule has 3 aromatic heterocycles. The van der Waals surface area contributed by atoms with Crippen molar-refractivity contribution in [2.24, 2.45) is 7.05 Å². The van der Waals surface area contributed by atoms with Gasteiger partial charge in [-0.25, -0.2) is 4.79 Å². The molecule has 0 bridgehead atoms. The second kappa shape index (κ2) is 8.41. The van der Waals surface area contributed by atoms with Gasteiger partial charge in [0.05, 0.1) is 17.7 Å². The Kier molecular flexibility index (Phi) is 5.50. The zero-order chi connectivity index (χ0) is 24.9. The summed E-state index contributed by atoms with van der Waals surface area (Å²) in [7, 11) is 2.01. The number of hydrogen-bond acceptors (Lipinski definition) is 4. The van der Waals surface area contributed by atoms with Crippen LogP contribution in [0.4, 0.5) is 4.79 Å². The normalized spacial score (nSPS) is 13.7. The topological polar surface area (TPSA) is 69.4 Å². The van der Waals surface area contributed by atoms with E-state index in [1.54, 1.807) is 21.7 Å². The highest BCUT2D eigenvalue weighted by Crippen LogP contribution is 2.32. The van der Waals surface area contributed by atoms with Crippen molar-refractivity contribution in [3.63, 3.8) is 0 Å². The summed E-state index contributed by atoms with van der Waals surface area (Å²) in [5.74, 6) is 0. The number of benzene rings is 1. The number of rotatable bonds is 2. The number of nitrogens with zero attached hydrogens (tertiary/aromatic N) is 4. The Bertz CT molecular complexity index is 1490. The van der Waals surface area contributed by atoms with E-state index in [9.17, 15) is 9.59 Å². The fraction of sp³-hybridized carbons (Fsp3) is 0.321. The number of ether oxygens (including phenoxy) is 1. The van der Waals surface area contributed by atoms with Crippen LogP contribution in [0.25, 0.3) is 27.7 Å². The van der Waals surface area contributed by atoms with E-state index in [2.05, 4.69) is 15.6 Å². The first-order valence-electron chi connectivity index (χ1n) is 11.8. The minimum atomic E-state index is -0.524. The molecule has 1 amide bonds. The molecule has 7 heteroatoms. The number of fused-ring (bicyclic) bond motifs is 3. The van der Waals surface area contributed by atoms with Crippen molar-refractivity contribution in [2.75, 3.05) is 6.54 Å². The fourth-order valence-electron chi connectivity index (χ4n) is 4.69. The van der Waals surface area contributed by atoms with Gasteiger partial charge in [0, 0.05) is 54.4 Å². The Hall–Kier alpha value is -3.87. The summed E-state index contributed by atoms with van der Waals surface area (Å²) in [6.45, 7) is 8.70. The van der Waals surface area contributed by atoms with Gasteiger partial charge in [0.2, 0.25) is 0 Å². The van der Waals surface area contributed by atoms with Crippen LogP contribution in [-0.4, -0.2) is 37.3 Å². The smallest absolute Gasteiger partial charge is 0.410 e. The Labute approximate surface area is 204 Å². The molecule has 0 saturated carbocycles. The first-order valence-corrected chi connectivity index (χ1v) is 11.8.